The molecule has 0 nitrogen and oxygen atoms in total. The van der Waals surface area contributed by atoms with Crippen LogP contribution in [0, 0.1) is 0 Å². The maximum Gasteiger partial charge on any atom is 1.00 e. The predicted molar refractivity (Wildman–Crippen MR) is 94.2 cm³/mol. The first-order valence-corrected chi connectivity index (χ1v) is 9.87. The summed E-state index contributed by atoms with van der Waals surface area (Å²) in [7, 11) is -1.87. The van der Waals surface area contributed by atoms with E-state index in [4.69, 9.17) is 0 Å². The largest absolute Gasteiger partial charge is 1.00 e. The summed E-state index contributed by atoms with van der Waals surface area (Å²) in [6.07, 6.45) is 32.5. The van der Waals surface area contributed by atoms with Gasteiger partial charge < -0.3 is 1.43 Å². The second-order valence-corrected chi connectivity index (χ2v) is 10.1. The molecule has 0 N–H and O–H groups in total. The van der Waals surface area contributed by atoms with Crippen LogP contribution in [0.4, 0.5) is 0 Å². The zero-order valence-corrected chi connectivity index (χ0v) is 16.3. The first kappa shape index (κ1) is 16.0. The third-order valence-electron chi connectivity index (χ3n) is 5.01. The Morgan fingerprint density at radius 2 is 0.818 bits per heavy atom. The molecule has 22 heavy (non-hydrogen) atoms. The standard InChI is InChI=1S/C20H20Si.Na.H/c1-2-10-17(9-1)21(18-11-3-4-12-18,19-13-5-6-14-19)20-15-7-8-16-20;;/h1-9,11,13,15H,10,12,14,16H2;;/q;+1;-1. The van der Waals surface area contributed by atoms with Gasteiger partial charge in [-0.1, -0.05) is 93.7 Å². The maximum absolute atomic E-state index is 2.41. The Kier molecular flexibility index (Phi) is 4.89. The quantitative estimate of drug-likeness (QED) is 0.699. The van der Waals surface area contributed by atoms with Crippen molar-refractivity contribution in [2.24, 2.45) is 0 Å². The summed E-state index contributed by atoms with van der Waals surface area (Å²) >= 11 is 0. The molecular formula is C20H21NaSi. The smallest absolute Gasteiger partial charge is 1.00 e. The fourth-order valence-corrected chi connectivity index (χ4v) is 9.69. The van der Waals surface area contributed by atoms with Crippen LogP contribution in [0.2, 0.25) is 0 Å². The van der Waals surface area contributed by atoms with E-state index < -0.39 is 8.07 Å². The molecule has 0 fully saturated rings. The SMILES string of the molecule is C1=CCC([Si](C2=CC=CC2)(C2=CC=CC2)C2=CC=CC2)=C1.[H-].[Na+]. The van der Waals surface area contributed by atoms with Crippen LogP contribution in [0.5, 0.6) is 0 Å². The molecule has 0 spiro atoms. The third-order valence-corrected chi connectivity index (χ3v) is 10.3. The Morgan fingerprint density at radius 1 is 0.545 bits per heavy atom. The van der Waals surface area contributed by atoms with Gasteiger partial charge in [0.15, 0.2) is 8.07 Å². The minimum atomic E-state index is -1.87. The second-order valence-electron chi connectivity index (χ2n) is 6.05. The number of rotatable bonds is 4. The van der Waals surface area contributed by atoms with Gasteiger partial charge >= 0.3 is 29.6 Å². The molecule has 0 aromatic rings. The molecular weight excluding hydrogens is 291 g/mol. The Hall–Kier alpha value is -0.863. The molecule has 0 saturated carbocycles. The summed E-state index contributed by atoms with van der Waals surface area (Å²) in [5.41, 5.74) is 0. The summed E-state index contributed by atoms with van der Waals surface area (Å²) in [6, 6.07) is 0. The Morgan fingerprint density at radius 3 is 1.00 bits per heavy atom. The van der Waals surface area contributed by atoms with Gasteiger partial charge in [-0.2, -0.15) is 0 Å². The predicted octanol–water partition coefficient (Wildman–Crippen LogP) is 2.25. The minimum Gasteiger partial charge on any atom is -1.00 e. The molecule has 0 saturated heterocycles. The molecule has 0 aliphatic heterocycles. The number of hydrogen-bond donors (Lipinski definition) is 0. The van der Waals surface area contributed by atoms with Crippen LogP contribution in [-0.4, -0.2) is 8.07 Å². The molecule has 106 valence electrons. The van der Waals surface area contributed by atoms with Crippen LogP contribution in [0.3, 0.4) is 0 Å². The zero-order valence-electron chi connectivity index (χ0n) is 14.3. The topological polar surface area (TPSA) is 0 Å². The van der Waals surface area contributed by atoms with Crippen molar-refractivity contribution < 1.29 is 31.0 Å². The first-order chi connectivity index (χ1) is 10.4. The maximum atomic E-state index is 2.41. The fourth-order valence-electron chi connectivity index (χ4n) is 4.14. The summed E-state index contributed by atoms with van der Waals surface area (Å²) in [4.78, 5) is 0. The summed E-state index contributed by atoms with van der Waals surface area (Å²) in [5, 5.41) is 6.73. The molecule has 0 heterocycles. The Labute approximate surface area is 157 Å². The van der Waals surface area contributed by atoms with Gasteiger partial charge in [0.1, 0.15) is 0 Å². The average Bonchev–Trinajstić information content (AvgIpc) is 3.32. The molecule has 0 atom stereocenters. The van der Waals surface area contributed by atoms with Gasteiger partial charge in [0.05, 0.1) is 0 Å². The molecule has 0 aromatic carbocycles. The molecule has 4 rings (SSSR count). The van der Waals surface area contributed by atoms with Crippen molar-refractivity contribution in [2.45, 2.75) is 25.7 Å². The normalized spacial score (nSPS) is 21.8. The minimum absolute atomic E-state index is 0. The van der Waals surface area contributed by atoms with Crippen molar-refractivity contribution in [3.63, 3.8) is 0 Å². The van der Waals surface area contributed by atoms with Gasteiger partial charge in [-0.3, -0.25) is 0 Å². The Balaban J connectivity index is 0.000000960. The van der Waals surface area contributed by atoms with Crippen molar-refractivity contribution in [3.05, 3.63) is 93.7 Å². The van der Waals surface area contributed by atoms with Crippen molar-refractivity contribution in [3.8, 4) is 0 Å². The van der Waals surface area contributed by atoms with E-state index in [1.165, 1.54) is 0 Å². The van der Waals surface area contributed by atoms with Gasteiger partial charge in [-0.15, -0.1) is 0 Å². The molecule has 4 aliphatic rings. The van der Waals surface area contributed by atoms with E-state index in [1.54, 1.807) is 20.8 Å². The molecule has 4 aliphatic carbocycles. The van der Waals surface area contributed by atoms with Crippen LogP contribution in [0.1, 0.15) is 27.1 Å². The van der Waals surface area contributed by atoms with Gasteiger partial charge in [-0.25, -0.2) is 0 Å². The van der Waals surface area contributed by atoms with Crippen LogP contribution in [0.15, 0.2) is 93.7 Å². The molecule has 0 aromatic heterocycles. The molecule has 2 heteroatoms. The monoisotopic (exact) mass is 312 g/mol. The van der Waals surface area contributed by atoms with Crippen molar-refractivity contribution >= 4 is 8.07 Å². The molecule has 0 amide bonds. The van der Waals surface area contributed by atoms with E-state index in [0.717, 1.165) is 25.7 Å². The first-order valence-electron chi connectivity index (χ1n) is 7.87. The number of hydrogen-bond acceptors (Lipinski definition) is 0. The van der Waals surface area contributed by atoms with Crippen LogP contribution in [-0.2, 0) is 0 Å². The molecule has 0 radical (unpaired) electrons. The average molecular weight is 312 g/mol. The van der Waals surface area contributed by atoms with E-state index >= 15 is 0 Å². The van der Waals surface area contributed by atoms with E-state index in [-0.39, 0.29) is 31.0 Å². The summed E-state index contributed by atoms with van der Waals surface area (Å²) in [5.74, 6) is 0. The zero-order chi connectivity index (χ0) is 14.1. The fraction of sp³-hybridized carbons (Fsp3) is 0.200. The summed E-state index contributed by atoms with van der Waals surface area (Å²) in [6.45, 7) is 0. The van der Waals surface area contributed by atoms with Gasteiger partial charge in [0.2, 0.25) is 0 Å². The summed E-state index contributed by atoms with van der Waals surface area (Å²) < 4.78 is 0. The van der Waals surface area contributed by atoms with E-state index in [0.29, 0.717) is 0 Å². The van der Waals surface area contributed by atoms with Gasteiger partial charge in [0.25, 0.3) is 0 Å². The van der Waals surface area contributed by atoms with E-state index in [1.807, 2.05) is 0 Å². The van der Waals surface area contributed by atoms with Crippen molar-refractivity contribution in [2.75, 3.05) is 0 Å². The van der Waals surface area contributed by atoms with Crippen LogP contribution in [0.25, 0.3) is 0 Å². The Bertz CT molecular complexity index is 588. The van der Waals surface area contributed by atoms with E-state index in [2.05, 4.69) is 72.9 Å². The van der Waals surface area contributed by atoms with Crippen molar-refractivity contribution in [1.82, 2.24) is 0 Å². The molecule has 0 bridgehead atoms. The third kappa shape index (κ3) is 2.41. The molecule has 0 unspecified atom stereocenters. The van der Waals surface area contributed by atoms with Crippen LogP contribution < -0.4 is 29.6 Å². The van der Waals surface area contributed by atoms with E-state index in [9.17, 15) is 0 Å². The number of allylic oxidation sites excluding steroid dienone is 16. The second kappa shape index (κ2) is 6.72. The van der Waals surface area contributed by atoms with Gasteiger partial charge in [-0.05, 0) is 25.7 Å². The van der Waals surface area contributed by atoms with Crippen LogP contribution >= 0.6 is 0 Å². The van der Waals surface area contributed by atoms with Crippen molar-refractivity contribution in [1.29, 1.82) is 0 Å². The van der Waals surface area contributed by atoms with Gasteiger partial charge in [0, 0.05) is 0 Å².